The number of halogens is 1. The molecule has 1 aromatic heterocycles. The molecule has 1 aliphatic heterocycles. The lowest BCUT2D eigenvalue weighted by atomic mass is 10.1. The van der Waals surface area contributed by atoms with Crippen LogP contribution in [-0.4, -0.2) is 56.6 Å². The number of nitrogens with zero attached hydrogens (tertiary/aromatic N) is 2. The Hall–Kier alpha value is -2.09. The monoisotopic (exact) mass is 435 g/mol. The molecule has 3 rings (SSSR count). The van der Waals surface area contributed by atoms with E-state index in [2.05, 4.69) is 15.1 Å². The number of piperazine rings is 1. The molecule has 8 heteroatoms. The number of benzene rings is 1. The highest BCUT2D eigenvalue weighted by Crippen LogP contribution is 2.34. The molecule has 1 amide bonds. The average Bonchev–Trinajstić information content (AvgIpc) is 3.03. The van der Waals surface area contributed by atoms with Crippen molar-refractivity contribution in [2.24, 2.45) is 0 Å². The predicted octanol–water partition coefficient (Wildman–Crippen LogP) is 3.82. The number of ether oxygens (including phenoxy) is 1. The Balaban J connectivity index is 1.58. The number of hydrogen-bond donors (Lipinski definition) is 1. The van der Waals surface area contributed by atoms with Gasteiger partial charge in [0.25, 0.3) is 0 Å². The number of rotatable bonds is 6. The van der Waals surface area contributed by atoms with E-state index in [1.54, 1.807) is 0 Å². The SMILES string of the molecule is CCc1c(C)sc(NC(=O)CN2CCN(c3ccc(Cl)cc3)CC2)c1C(=O)OC. The molecule has 1 N–H and O–H groups in total. The zero-order chi connectivity index (χ0) is 21.0. The van der Waals surface area contributed by atoms with Crippen molar-refractivity contribution in [3.8, 4) is 0 Å². The molecular formula is C21H26ClN3O3S. The Labute approximate surface area is 180 Å². The smallest absolute Gasteiger partial charge is 0.341 e. The summed E-state index contributed by atoms with van der Waals surface area (Å²) in [6, 6.07) is 7.82. The molecule has 2 heterocycles. The van der Waals surface area contributed by atoms with Gasteiger partial charge in [-0.15, -0.1) is 11.3 Å². The fraction of sp³-hybridized carbons (Fsp3) is 0.429. The lowest BCUT2D eigenvalue weighted by Crippen LogP contribution is -2.48. The van der Waals surface area contributed by atoms with Crippen LogP contribution in [0.4, 0.5) is 10.7 Å². The summed E-state index contributed by atoms with van der Waals surface area (Å²) in [5.74, 6) is -0.517. The highest BCUT2D eigenvalue weighted by Gasteiger charge is 2.24. The third-order valence-corrected chi connectivity index (χ3v) is 6.45. The van der Waals surface area contributed by atoms with Crippen LogP contribution in [0.3, 0.4) is 0 Å². The van der Waals surface area contributed by atoms with Crippen molar-refractivity contribution in [2.75, 3.05) is 50.1 Å². The number of esters is 1. The van der Waals surface area contributed by atoms with Crippen molar-refractivity contribution in [1.29, 1.82) is 0 Å². The van der Waals surface area contributed by atoms with Crippen LogP contribution in [0.25, 0.3) is 0 Å². The zero-order valence-corrected chi connectivity index (χ0v) is 18.5. The van der Waals surface area contributed by atoms with E-state index in [1.807, 2.05) is 38.1 Å². The van der Waals surface area contributed by atoms with Crippen LogP contribution in [0.2, 0.25) is 5.02 Å². The van der Waals surface area contributed by atoms with E-state index in [0.717, 1.165) is 53.8 Å². The minimum absolute atomic E-state index is 0.112. The molecule has 1 saturated heterocycles. The first kappa shape index (κ1) is 21.6. The second-order valence-electron chi connectivity index (χ2n) is 6.97. The number of nitrogens with one attached hydrogen (secondary N) is 1. The molecule has 0 unspecified atom stereocenters. The van der Waals surface area contributed by atoms with Crippen LogP contribution in [-0.2, 0) is 16.0 Å². The highest BCUT2D eigenvalue weighted by atomic mass is 35.5. The molecule has 1 aromatic carbocycles. The van der Waals surface area contributed by atoms with E-state index in [-0.39, 0.29) is 5.91 Å². The topological polar surface area (TPSA) is 61.9 Å². The van der Waals surface area contributed by atoms with Crippen molar-refractivity contribution in [3.05, 3.63) is 45.3 Å². The summed E-state index contributed by atoms with van der Waals surface area (Å²) in [7, 11) is 1.36. The minimum atomic E-state index is -0.405. The van der Waals surface area contributed by atoms with Gasteiger partial charge in [0, 0.05) is 41.8 Å². The van der Waals surface area contributed by atoms with Gasteiger partial charge < -0.3 is 15.0 Å². The molecule has 0 spiro atoms. The van der Waals surface area contributed by atoms with E-state index < -0.39 is 5.97 Å². The van der Waals surface area contributed by atoms with Crippen LogP contribution >= 0.6 is 22.9 Å². The van der Waals surface area contributed by atoms with Gasteiger partial charge in [-0.2, -0.15) is 0 Å². The molecule has 0 radical (unpaired) electrons. The van der Waals surface area contributed by atoms with Crippen molar-refractivity contribution >= 4 is 45.5 Å². The maximum atomic E-state index is 12.6. The van der Waals surface area contributed by atoms with E-state index >= 15 is 0 Å². The zero-order valence-electron chi connectivity index (χ0n) is 17.0. The second kappa shape index (κ2) is 9.61. The average molecular weight is 436 g/mol. The van der Waals surface area contributed by atoms with E-state index in [0.29, 0.717) is 17.1 Å². The molecule has 0 saturated carbocycles. The third-order valence-electron chi connectivity index (χ3n) is 5.14. The molecule has 1 fully saturated rings. The van der Waals surface area contributed by atoms with Crippen molar-refractivity contribution in [1.82, 2.24) is 4.90 Å². The molecule has 0 atom stereocenters. The normalized spacial score (nSPS) is 14.7. The minimum Gasteiger partial charge on any atom is -0.465 e. The summed E-state index contributed by atoms with van der Waals surface area (Å²) in [5, 5.41) is 4.23. The summed E-state index contributed by atoms with van der Waals surface area (Å²) < 4.78 is 4.92. The fourth-order valence-corrected chi connectivity index (χ4v) is 4.87. The Kier molecular flexibility index (Phi) is 7.16. The number of hydrogen-bond acceptors (Lipinski definition) is 6. The number of methoxy groups -OCH3 is 1. The molecule has 29 heavy (non-hydrogen) atoms. The summed E-state index contributed by atoms with van der Waals surface area (Å²) >= 11 is 7.39. The first-order valence-electron chi connectivity index (χ1n) is 9.66. The van der Waals surface area contributed by atoms with Gasteiger partial charge in [0.2, 0.25) is 5.91 Å². The summed E-state index contributed by atoms with van der Waals surface area (Å²) in [6.07, 6.45) is 0.718. The number of anilines is 2. The molecule has 6 nitrogen and oxygen atoms in total. The molecule has 1 aliphatic rings. The van der Waals surface area contributed by atoms with Crippen LogP contribution in [0.15, 0.2) is 24.3 Å². The van der Waals surface area contributed by atoms with Gasteiger partial charge >= 0.3 is 5.97 Å². The van der Waals surface area contributed by atoms with Crippen LogP contribution in [0.5, 0.6) is 0 Å². The number of carbonyl (C=O) groups is 2. The van der Waals surface area contributed by atoms with Gasteiger partial charge in [0.1, 0.15) is 5.00 Å². The van der Waals surface area contributed by atoms with Crippen molar-refractivity contribution in [3.63, 3.8) is 0 Å². The molecule has 0 aliphatic carbocycles. The Morgan fingerprint density at radius 1 is 1.17 bits per heavy atom. The lowest BCUT2D eigenvalue weighted by molar-refractivity contribution is -0.117. The van der Waals surface area contributed by atoms with Gasteiger partial charge in [0.15, 0.2) is 0 Å². The first-order valence-corrected chi connectivity index (χ1v) is 10.9. The molecule has 2 aromatic rings. The van der Waals surface area contributed by atoms with Crippen LogP contribution in [0.1, 0.15) is 27.7 Å². The van der Waals surface area contributed by atoms with Crippen molar-refractivity contribution in [2.45, 2.75) is 20.3 Å². The predicted molar refractivity (Wildman–Crippen MR) is 119 cm³/mol. The van der Waals surface area contributed by atoms with E-state index in [1.165, 1.54) is 18.4 Å². The standard InChI is InChI=1S/C21H26ClN3O3S/c1-4-17-14(2)29-20(19(17)21(27)28-3)23-18(26)13-24-9-11-25(12-10-24)16-7-5-15(22)6-8-16/h5-8H,4,9-13H2,1-3H3,(H,23,26). The highest BCUT2D eigenvalue weighted by molar-refractivity contribution is 7.16. The van der Waals surface area contributed by atoms with Gasteiger partial charge in [-0.05, 0) is 43.2 Å². The second-order valence-corrected chi connectivity index (χ2v) is 8.64. The number of amides is 1. The quantitative estimate of drug-likeness (QED) is 0.699. The largest absolute Gasteiger partial charge is 0.465 e. The van der Waals surface area contributed by atoms with Crippen molar-refractivity contribution < 1.29 is 14.3 Å². The number of carbonyl (C=O) groups excluding carboxylic acids is 2. The summed E-state index contributed by atoms with van der Waals surface area (Å²) in [6.45, 7) is 7.54. The maximum absolute atomic E-state index is 12.6. The van der Waals surface area contributed by atoms with Gasteiger partial charge in [-0.3, -0.25) is 9.69 Å². The maximum Gasteiger partial charge on any atom is 0.341 e. The van der Waals surface area contributed by atoms with E-state index in [4.69, 9.17) is 16.3 Å². The summed E-state index contributed by atoms with van der Waals surface area (Å²) in [4.78, 5) is 30.3. The number of aryl methyl sites for hydroxylation is 1. The summed E-state index contributed by atoms with van der Waals surface area (Å²) in [5.41, 5.74) is 2.56. The van der Waals surface area contributed by atoms with Gasteiger partial charge in [0.05, 0.1) is 19.2 Å². The number of thiophene rings is 1. The Bertz CT molecular complexity index is 874. The fourth-order valence-electron chi connectivity index (χ4n) is 3.60. The Morgan fingerprint density at radius 3 is 2.41 bits per heavy atom. The van der Waals surface area contributed by atoms with E-state index in [9.17, 15) is 9.59 Å². The molecule has 156 valence electrons. The van der Waals surface area contributed by atoms with Crippen LogP contribution in [0, 0.1) is 6.92 Å². The third kappa shape index (κ3) is 5.10. The lowest BCUT2D eigenvalue weighted by Gasteiger charge is -2.35. The molecule has 0 bridgehead atoms. The van der Waals surface area contributed by atoms with Gasteiger partial charge in [-0.1, -0.05) is 18.5 Å². The Morgan fingerprint density at radius 2 is 1.83 bits per heavy atom. The molecular weight excluding hydrogens is 410 g/mol. The van der Waals surface area contributed by atoms with Gasteiger partial charge in [-0.25, -0.2) is 4.79 Å². The first-order chi connectivity index (χ1) is 13.9. The van der Waals surface area contributed by atoms with Crippen LogP contribution < -0.4 is 10.2 Å².